The highest BCUT2D eigenvalue weighted by Crippen LogP contribution is 2.45. The predicted molar refractivity (Wildman–Crippen MR) is 146 cm³/mol. The van der Waals surface area contributed by atoms with Gasteiger partial charge in [-0.15, -0.1) is 0 Å². The Hall–Kier alpha value is -3.96. The highest BCUT2D eigenvalue weighted by atomic mass is 16.6. The molecule has 2 fully saturated rings. The van der Waals surface area contributed by atoms with Crippen molar-refractivity contribution in [2.75, 3.05) is 19.8 Å². The second-order valence-electron chi connectivity index (χ2n) is 10.6. The van der Waals surface area contributed by atoms with Crippen molar-refractivity contribution in [2.24, 2.45) is 5.92 Å². The molecule has 3 aliphatic rings. The van der Waals surface area contributed by atoms with Crippen molar-refractivity contribution in [3.63, 3.8) is 0 Å². The number of rotatable bonds is 4. The topological polar surface area (TPSA) is 55.8 Å². The molecule has 5 nitrogen and oxygen atoms in total. The minimum absolute atomic E-state index is 0.0212. The zero-order valence-corrected chi connectivity index (χ0v) is 21.1. The molecule has 0 N–H and O–H groups in total. The van der Waals surface area contributed by atoms with Crippen LogP contribution in [0.4, 0.5) is 4.79 Å². The molecule has 4 aromatic rings. The maximum atomic E-state index is 13.7. The first-order valence-corrected chi connectivity index (χ1v) is 13.4. The summed E-state index contributed by atoms with van der Waals surface area (Å²) in [6, 6.07) is 30.3. The molecule has 4 aromatic carbocycles. The molecule has 2 heterocycles. The van der Waals surface area contributed by atoms with Crippen molar-refractivity contribution in [1.29, 1.82) is 0 Å². The van der Waals surface area contributed by atoms with Crippen LogP contribution in [0.1, 0.15) is 40.2 Å². The molecule has 2 aliphatic heterocycles. The predicted octanol–water partition coefficient (Wildman–Crippen LogP) is 6.45. The third-order valence-electron chi connectivity index (χ3n) is 8.49. The average Bonchev–Trinajstić information content (AvgIpc) is 3.28. The Morgan fingerprint density at radius 3 is 2.08 bits per heavy atom. The van der Waals surface area contributed by atoms with Gasteiger partial charge in [-0.25, -0.2) is 4.79 Å². The molecule has 7 rings (SSSR count). The number of carbonyl (C=O) groups is 2. The molecule has 1 amide bonds. The van der Waals surface area contributed by atoms with Crippen molar-refractivity contribution < 1.29 is 19.1 Å². The summed E-state index contributed by atoms with van der Waals surface area (Å²) in [5.74, 6) is 0.0381. The van der Waals surface area contributed by atoms with Gasteiger partial charge < -0.3 is 9.47 Å². The molecular formula is C33H29NO4. The number of piperidine rings is 1. The molecule has 1 aliphatic carbocycles. The van der Waals surface area contributed by atoms with Crippen molar-refractivity contribution in [2.45, 2.75) is 30.8 Å². The number of hydrogen-bond acceptors (Lipinski definition) is 4. The van der Waals surface area contributed by atoms with E-state index in [1.165, 1.54) is 22.3 Å². The van der Waals surface area contributed by atoms with Gasteiger partial charge in [0, 0.05) is 17.4 Å². The summed E-state index contributed by atoms with van der Waals surface area (Å²) in [6.07, 6.45) is 0.868. The molecule has 2 unspecified atom stereocenters. The number of morpholine rings is 1. The first-order chi connectivity index (χ1) is 18.7. The highest BCUT2D eigenvalue weighted by Gasteiger charge is 2.45. The number of ether oxygens (including phenoxy) is 2. The van der Waals surface area contributed by atoms with Crippen LogP contribution in [0.2, 0.25) is 0 Å². The molecule has 0 aromatic heterocycles. The molecular weight excluding hydrogens is 474 g/mol. The van der Waals surface area contributed by atoms with Gasteiger partial charge in [0.15, 0.2) is 5.78 Å². The smallest absolute Gasteiger partial charge is 0.410 e. The van der Waals surface area contributed by atoms with E-state index in [1.807, 2.05) is 59.5 Å². The number of fused-ring (bicyclic) bond motifs is 6. The van der Waals surface area contributed by atoms with Crippen LogP contribution in [0.15, 0.2) is 91.0 Å². The standard InChI is InChI=1S/C33H29NO4/c35-32(30-15-7-9-21-8-1-2-10-25(21)30)22-16-23-18-37-19-24(17-22)34(23)33(36)38-20-31-28-13-5-3-11-26(28)27-12-4-6-14-29(27)31/h1-15,22-24,31H,16-20H2. The summed E-state index contributed by atoms with van der Waals surface area (Å²) in [5, 5.41) is 2.05. The summed E-state index contributed by atoms with van der Waals surface area (Å²) in [6.45, 7) is 1.15. The van der Waals surface area contributed by atoms with Gasteiger partial charge >= 0.3 is 6.09 Å². The minimum Gasteiger partial charge on any atom is -0.448 e. The molecule has 190 valence electrons. The maximum Gasteiger partial charge on any atom is 0.410 e. The van der Waals surface area contributed by atoms with Crippen LogP contribution in [-0.2, 0) is 9.47 Å². The van der Waals surface area contributed by atoms with Gasteiger partial charge in [-0.2, -0.15) is 0 Å². The fraction of sp³-hybridized carbons (Fsp3) is 0.273. The van der Waals surface area contributed by atoms with Crippen molar-refractivity contribution >= 4 is 22.6 Å². The van der Waals surface area contributed by atoms with Crippen molar-refractivity contribution in [3.8, 4) is 11.1 Å². The lowest BCUT2D eigenvalue weighted by Gasteiger charge is -2.47. The summed E-state index contributed by atoms with van der Waals surface area (Å²) in [4.78, 5) is 29.0. The first-order valence-electron chi connectivity index (χ1n) is 13.4. The Kier molecular flexibility index (Phi) is 5.74. The van der Waals surface area contributed by atoms with E-state index >= 15 is 0 Å². The fourth-order valence-corrected chi connectivity index (χ4v) is 6.76. The molecule has 5 heteroatoms. The van der Waals surface area contributed by atoms with Crippen LogP contribution in [0.5, 0.6) is 0 Å². The third-order valence-corrected chi connectivity index (χ3v) is 8.49. The van der Waals surface area contributed by atoms with Gasteiger partial charge in [0.2, 0.25) is 0 Å². The highest BCUT2D eigenvalue weighted by molar-refractivity contribution is 6.09. The first kappa shape index (κ1) is 23.2. The van der Waals surface area contributed by atoms with E-state index in [0.29, 0.717) is 32.7 Å². The SMILES string of the molecule is O=C(c1cccc2ccccc12)C1CC2COCC(C1)N2C(=O)OCC1c2ccccc2-c2ccccc21. The van der Waals surface area contributed by atoms with Gasteiger partial charge in [-0.1, -0.05) is 91.0 Å². The van der Waals surface area contributed by atoms with Crippen molar-refractivity contribution in [3.05, 3.63) is 108 Å². The van der Waals surface area contributed by atoms with E-state index in [2.05, 4.69) is 36.4 Å². The number of nitrogens with zero attached hydrogens (tertiary/aromatic N) is 1. The zero-order valence-electron chi connectivity index (χ0n) is 21.1. The second-order valence-corrected chi connectivity index (χ2v) is 10.6. The summed E-state index contributed by atoms with van der Waals surface area (Å²) in [5.41, 5.74) is 5.58. The minimum atomic E-state index is -0.304. The molecule has 38 heavy (non-hydrogen) atoms. The maximum absolute atomic E-state index is 13.7. The monoisotopic (exact) mass is 503 g/mol. The Balaban J connectivity index is 1.08. The number of carbonyl (C=O) groups excluding carboxylic acids is 2. The normalized spacial score (nSPS) is 22.1. The molecule has 2 atom stereocenters. The van der Waals surface area contributed by atoms with Crippen LogP contribution >= 0.6 is 0 Å². The number of amides is 1. The van der Waals surface area contributed by atoms with Gasteiger partial charge in [0.25, 0.3) is 0 Å². The van der Waals surface area contributed by atoms with E-state index in [9.17, 15) is 9.59 Å². The van der Waals surface area contributed by atoms with Gasteiger partial charge in [0.05, 0.1) is 25.3 Å². The summed E-state index contributed by atoms with van der Waals surface area (Å²) < 4.78 is 11.8. The van der Waals surface area contributed by atoms with Crippen LogP contribution < -0.4 is 0 Å². The van der Waals surface area contributed by atoms with Crippen molar-refractivity contribution in [1.82, 2.24) is 4.90 Å². The van der Waals surface area contributed by atoms with Crippen LogP contribution in [0.25, 0.3) is 21.9 Å². The molecule has 0 saturated carbocycles. The lowest BCUT2D eigenvalue weighted by Crippen LogP contribution is -2.60. The molecule has 2 saturated heterocycles. The Bertz CT molecular complexity index is 1480. The largest absolute Gasteiger partial charge is 0.448 e. The van der Waals surface area contributed by atoms with E-state index in [0.717, 1.165) is 16.3 Å². The molecule has 0 radical (unpaired) electrons. The van der Waals surface area contributed by atoms with E-state index in [-0.39, 0.29) is 35.8 Å². The lowest BCUT2D eigenvalue weighted by molar-refractivity contribution is -0.0747. The van der Waals surface area contributed by atoms with E-state index < -0.39 is 0 Å². The molecule has 0 spiro atoms. The van der Waals surface area contributed by atoms with E-state index in [1.54, 1.807) is 0 Å². The zero-order chi connectivity index (χ0) is 25.6. The Morgan fingerprint density at radius 2 is 1.37 bits per heavy atom. The summed E-state index contributed by atoms with van der Waals surface area (Å²) in [7, 11) is 0. The number of ketones is 1. The lowest BCUT2D eigenvalue weighted by atomic mass is 9.80. The second kappa shape index (κ2) is 9.41. The third kappa shape index (κ3) is 3.81. The number of Topliss-reactive ketones (excluding diaryl/α,β-unsaturated/α-hetero) is 1. The van der Waals surface area contributed by atoms with Gasteiger partial charge in [-0.3, -0.25) is 9.69 Å². The fourth-order valence-electron chi connectivity index (χ4n) is 6.76. The quantitative estimate of drug-likeness (QED) is 0.300. The number of hydrogen-bond donors (Lipinski definition) is 0. The average molecular weight is 504 g/mol. The van der Waals surface area contributed by atoms with Gasteiger partial charge in [0.1, 0.15) is 6.61 Å². The van der Waals surface area contributed by atoms with Crippen LogP contribution in [0, 0.1) is 5.92 Å². The van der Waals surface area contributed by atoms with Crippen LogP contribution in [0.3, 0.4) is 0 Å². The van der Waals surface area contributed by atoms with Crippen LogP contribution in [-0.4, -0.2) is 48.7 Å². The van der Waals surface area contributed by atoms with Gasteiger partial charge in [-0.05, 0) is 45.9 Å². The molecule has 2 bridgehead atoms. The Morgan fingerprint density at radius 1 is 0.763 bits per heavy atom. The Labute approximate surface area is 222 Å². The number of benzene rings is 4. The van der Waals surface area contributed by atoms with E-state index in [4.69, 9.17) is 9.47 Å². The summed E-state index contributed by atoms with van der Waals surface area (Å²) >= 11 is 0.